The molecule has 0 radical (unpaired) electrons. The molecule has 0 bridgehead atoms. The van der Waals surface area contributed by atoms with Gasteiger partial charge in [0.25, 0.3) is 0 Å². The summed E-state index contributed by atoms with van der Waals surface area (Å²) in [5.74, 6) is 1.35. The molecule has 1 amide bonds. The lowest BCUT2D eigenvalue weighted by Gasteiger charge is -2.36. The quantitative estimate of drug-likeness (QED) is 0.735. The lowest BCUT2D eigenvalue weighted by Crippen LogP contribution is -2.44. The highest BCUT2D eigenvalue weighted by atomic mass is 16.5. The van der Waals surface area contributed by atoms with Crippen LogP contribution in [0, 0.1) is 18.8 Å². The van der Waals surface area contributed by atoms with Crippen molar-refractivity contribution < 1.29 is 9.53 Å². The summed E-state index contributed by atoms with van der Waals surface area (Å²) in [7, 11) is 0. The van der Waals surface area contributed by atoms with Gasteiger partial charge < -0.3 is 9.64 Å². The van der Waals surface area contributed by atoms with E-state index in [1.807, 2.05) is 0 Å². The number of benzene rings is 1. The van der Waals surface area contributed by atoms with Gasteiger partial charge in [0, 0.05) is 32.2 Å². The fourth-order valence-corrected chi connectivity index (χ4v) is 4.54. The molecule has 4 rings (SSSR count). The summed E-state index contributed by atoms with van der Waals surface area (Å²) in [6, 6.07) is 8.71. The number of piperidine rings is 1. The second-order valence-corrected chi connectivity index (χ2v) is 8.80. The molecular formula is C23H34N2O2. The number of amides is 1. The highest BCUT2D eigenvalue weighted by Crippen LogP contribution is 2.32. The minimum absolute atomic E-state index is 0.272. The smallest absolute Gasteiger partial charge is 0.225 e. The Bertz CT molecular complexity index is 629. The standard InChI is InChI=1S/C23H34N2O2/c1-18-5-2-3-6-21(18)16-24-12-10-19(11-13-24)15-25(23(26)20-8-9-20)17-22-7-4-14-27-22/h2-3,5-6,19-20,22H,4,7-17H2,1H3. The second-order valence-electron chi connectivity index (χ2n) is 8.80. The Morgan fingerprint density at radius 3 is 2.56 bits per heavy atom. The fraction of sp³-hybridized carbons (Fsp3) is 0.696. The number of carbonyl (C=O) groups excluding carboxylic acids is 1. The largest absolute Gasteiger partial charge is 0.376 e. The lowest BCUT2D eigenvalue weighted by molar-refractivity contribution is -0.135. The average Bonchev–Trinajstić information content (AvgIpc) is 3.41. The summed E-state index contributed by atoms with van der Waals surface area (Å²) >= 11 is 0. The van der Waals surface area contributed by atoms with Crippen LogP contribution in [0.1, 0.15) is 49.7 Å². The van der Waals surface area contributed by atoms with Gasteiger partial charge >= 0.3 is 0 Å². The second kappa shape index (κ2) is 8.74. The molecule has 0 spiro atoms. The molecule has 2 heterocycles. The van der Waals surface area contributed by atoms with Crippen LogP contribution in [-0.4, -0.2) is 54.6 Å². The molecule has 1 aliphatic carbocycles. The van der Waals surface area contributed by atoms with Gasteiger partial charge in [0.2, 0.25) is 5.91 Å². The van der Waals surface area contributed by atoms with Crippen LogP contribution in [0.5, 0.6) is 0 Å². The van der Waals surface area contributed by atoms with Crippen LogP contribution in [0.4, 0.5) is 0 Å². The zero-order chi connectivity index (χ0) is 18.6. The van der Waals surface area contributed by atoms with Crippen molar-refractivity contribution in [1.29, 1.82) is 0 Å². The van der Waals surface area contributed by atoms with Gasteiger partial charge in [-0.15, -0.1) is 0 Å². The predicted molar refractivity (Wildman–Crippen MR) is 107 cm³/mol. The minimum Gasteiger partial charge on any atom is -0.376 e. The number of aryl methyl sites for hydroxylation is 1. The number of rotatable bonds is 7. The van der Waals surface area contributed by atoms with E-state index in [1.54, 1.807) is 0 Å². The number of hydrogen-bond donors (Lipinski definition) is 0. The molecule has 1 unspecified atom stereocenters. The zero-order valence-electron chi connectivity index (χ0n) is 16.7. The number of ether oxygens (including phenoxy) is 1. The number of carbonyl (C=O) groups is 1. The van der Waals surface area contributed by atoms with Gasteiger partial charge in [-0.3, -0.25) is 9.69 Å². The van der Waals surface area contributed by atoms with E-state index in [1.165, 1.54) is 24.0 Å². The Hall–Kier alpha value is -1.39. The summed E-state index contributed by atoms with van der Waals surface area (Å²) in [6.07, 6.45) is 7.12. The first-order valence-corrected chi connectivity index (χ1v) is 10.9. The third-order valence-electron chi connectivity index (χ3n) is 6.53. The zero-order valence-corrected chi connectivity index (χ0v) is 16.7. The van der Waals surface area contributed by atoms with Gasteiger partial charge in [-0.2, -0.15) is 0 Å². The van der Waals surface area contributed by atoms with Crippen molar-refractivity contribution in [2.45, 2.75) is 58.1 Å². The van der Waals surface area contributed by atoms with Crippen LogP contribution in [0.15, 0.2) is 24.3 Å². The summed E-state index contributed by atoms with van der Waals surface area (Å²) in [5.41, 5.74) is 2.83. The van der Waals surface area contributed by atoms with E-state index >= 15 is 0 Å². The molecular weight excluding hydrogens is 336 g/mol. The van der Waals surface area contributed by atoms with E-state index in [4.69, 9.17) is 4.74 Å². The maximum Gasteiger partial charge on any atom is 0.225 e. The molecule has 27 heavy (non-hydrogen) atoms. The van der Waals surface area contributed by atoms with E-state index in [0.717, 1.165) is 65.0 Å². The van der Waals surface area contributed by atoms with E-state index in [-0.39, 0.29) is 6.10 Å². The normalized spacial score (nSPS) is 24.3. The highest BCUT2D eigenvalue weighted by Gasteiger charge is 2.36. The number of likely N-dealkylation sites (tertiary alicyclic amines) is 1. The fourth-order valence-electron chi connectivity index (χ4n) is 4.54. The predicted octanol–water partition coefficient (Wildman–Crippen LogP) is 3.62. The highest BCUT2D eigenvalue weighted by molar-refractivity contribution is 5.81. The topological polar surface area (TPSA) is 32.8 Å². The molecule has 2 aliphatic heterocycles. The Morgan fingerprint density at radius 2 is 1.89 bits per heavy atom. The molecule has 4 nitrogen and oxygen atoms in total. The molecule has 0 N–H and O–H groups in total. The number of hydrogen-bond acceptors (Lipinski definition) is 3. The molecule has 1 atom stereocenters. The SMILES string of the molecule is Cc1ccccc1CN1CCC(CN(CC2CCCO2)C(=O)C2CC2)CC1. The molecule has 2 saturated heterocycles. The Labute approximate surface area is 163 Å². The average molecular weight is 371 g/mol. The van der Waals surface area contributed by atoms with Gasteiger partial charge in [0.15, 0.2) is 0 Å². The first-order chi connectivity index (χ1) is 13.2. The third-order valence-corrected chi connectivity index (χ3v) is 6.53. The summed E-state index contributed by atoms with van der Waals surface area (Å²) < 4.78 is 5.82. The first-order valence-electron chi connectivity index (χ1n) is 10.9. The Morgan fingerprint density at radius 1 is 1.11 bits per heavy atom. The maximum absolute atomic E-state index is 12.8. The van der Waals surface area contributed by atoms with E-state index in [0.29, 0.717) is 17.7 Å². The molecule has 1 aromatic rings. The van der Waals surface area contributed by atoms with Gasteiger partial charge in [-0.05, 0) is 75.6 Å². The van der Waals surface area contributed by atoms with E-state index in [9.17, 15) is 4.79 Å². The van der Waals surface area contributed by atoms with Gasteiger partial charge in [-0.1, -0.05) is 24.3 Å². The van der Waals surface area contributed by atoms with Gasteiger partial charge in [-0.25, -0.2) is 0 Å². The Kier molecular flexibility index (Phi) is 6.14. The van der Waals surface area contributed by atoms with Gasteiger partial charge in [0.1, 0.15) is 0 Å². The molecule has 3 aliphatic rings. The van der Waals surface area contributed by atoms with Crippen molar-refractivity contribution >= 4 is 5.91 Å². The van der Waals surface area contributed by atoms with Crippen LogP contribution >= 0.6 is 0 Å². The van der Waals surface area contributed by atoms with Crippen molar-refractivity contribution in [1.82, 2.24) is 9.80 Å². The van der Waals surface area contributed by atoms with Gasteiger partial charge in [0.05, 0.1) is 6.10 Å². The van der Waals surface area contributed by atoms with E-state index in [2.05, 4.69) is 41.0 Å². The van der Waals surface area contributed by atoms with Crippen molar-refractivity contribution in [3.8, 4) is 0 Å². The van der Waals surface area contributed by atoms with Crippen molar-refractivity contribution in [2.24, 2.45) is 11.8 Å². The van der Waals surface area contributed by atoms with Crippen molar-refractivity contribution in [2.75, 3.05) is 32.8 Å². The van der Waals surface area contributed by atoms with Crippen LogP contribution in [0.2, 0.25) is 0 Å². The Balaban J connectivity index is 1.28. The minimum atomic E-state index is 0.272. The molecule has 148 valence electrons. The molecule has 1 aromatic carbocycles. The van der Waals surface area contributed by atoms with Crippen LogP contribution in [-0.2, 0) is 16.1 Å². The van der Waals surface area contributed by atoms with Crippen LogP contribution in [0.3, 0.4) is 0 Å². The third kappa shape index (κ3) is 5.11. The summed E-state index contributed by atoms with van der Waals surface area (Å²) in [4.78, 5) is 17.5. The first kappa shape index (κ1) is 18.9. The van der Waals surface area contributed by atoms with Crippen molar-refractivity contribution in [3.05, 3.63) is 35.4 Å². The maximum atomic E-state index is 12.8. The lowest BCUT2D eigenvalue weighted by atomic mass is 9.95. The molecule has 0 aromatic heterocycles. The van der Waals surface area contributed by atoms with Crippen LogP contribution in [0.25, 0.3) is 0 Å². The molecule has 3 fully saturated rings. The monoisotopic (exact) mass is 370 g/mol. The molecule has 4 heteroatoms. The summed E-state index contributed by atoms with van der Waals surface area (Å²) in [5, 5.41) is 0. The van der Waals surface area contributed by atoms with Crippen LogP contribution < -0.4 is 0 Å². The molecule has 1 saturated carbocycles. The van der Waals surface area contributed by atoms with Crippen molar-refractivity contribution in [3.63, 3.8) is 0 Å². The van der Waals surface area contributed by atoms with E-state index < -0.39 is 0 Å². The summed E-state index contributed by atoms with van der Waals surface area (Å²) in [6.45, 7) is 8.17. The number of nitrogens with zero attached hydrogens (tertiary/aromatic N) is 2.